The van der Waals surface area contributed by atoms with Crippen LogP contribution < -0.4 is 5.14 Å². The number of aliphatic hydroxyl groups is 1. The van der Waals surface area contributed by atoms with E-state index in [1.165, 1.54) is 29.3 Å². The minimum Gasteiger partial charge on any atom is -0.393 e. The lowest BCUT2D eigenvalue weighted by atomic mass is 9.96. The molecule has 186 valence electrons. The molecule has 0 amide bonds. The average molecular weight is 508 g/mol. The summed E-state index contributed by atoms with van der Waals surface area (Å²) < 4.78 is 54.7. The van der Waals surface area contributed by atoms with E-state index in [9.17, 15) is 27.1 Å². The molecule has 2 heterocycles. The standard InChI is InChI=1S/C22H23F2N5O5S/c23-17-2-1-13(6-18(17)24)10-29-4-3-19(28-29)22(31)16-9-26-12-27-20(16)7-14-5-15(21(30)8-14)11-34-35(25,32)33/h1-4,6,9,12,14-15,21,30H,5,7-8,10-11H2,(H2,25,32,33)/t14-,15+,21-/m0/s1. The van der Waals surface area contributed by atoms with E-state index in [2.05, 4.69) is 19.2 Å². The summed E-state index contributed by atoms with van der Waals surface area (Å²) in [5.74, 6) is -2.79. The first-order valence-corrected chi connectivity index (χ1v) is 12.2. The van der Waals surface area contributed by atoms with Crippen molar-refractivity contribution in [2.75, 3.05) is 6.61 Å². The van der Waals surface area contributed by atoms with Crippen LogP contribution in [0.4, 0.5) is 8.78 Å². The fourth-order valence-electron chi connectivity index (χ4n) is 4.26. The van der Waals surface area contributed by atoms with Crippen molar-refractivity contribution in [2.24, 2.45) is 17.0 Å². The van der Waals surface area contributed by atoms with E-state index >= 15 is 0 Å². The number of hydrogen-bond donors (Lipinski definition) is 2. The summed E-state index contributed by atoms with van der Waals surface area (Å²) in [5, 5.41) is 19.4. The summed E-state index contributed by atoms with van der Waals surface area (Å²) in [5.41, 5.74) is 1.35. The van der Waals surface area contributed by atoms with Gasteiger partial charge in [-0.3, -0.25) is 13.7 Å². The van der Waals surface area contributed by atoms with Crippen molar-refractivity contribution >= 4 is 16.1 Å². The van der Waals surface area contributed by atoms with Crippen molar-refractivity contribution < 1.29 is 31.3 Å². The molecule has 13 heteroatoms. The number of benzene rings is 1. The van der Waals surface area contributed by atoms with Crippen LogP contribution in [0.5, 0.6) is 0 Å². The van der Waals surface area contributed by atoms with Gasteiger partial charge in [0.25, 0.3) is 0 Å². The molecule has 3 N–H and O–H groups in total. The molecule has 0 bridgehead atoms. The van der Waals surface area contributed by atoms with Crippen LogP contribution in [0, 0.1) is 23.5 Å². The van der Waals surface area contributed by atoms with Gasteiger partial charge in [-0.05, 0) is 48.9 Å². The van der Waals surface area contributed by atoms with E-state index in [-0.39, 0.29) is 30.3 Å². The highest BCUT2D eigenvalue weighted by Crippen LogP contribution is 2.34. The number of rotatable bonds is 9. The zero-order valence-corrected chi connectivity index (χ0v) is 19.2. The van der Waals surface area contributed by atoms with E-state index in [0.717, 1.165) is 12.1 Å². The molecular formula is C22H23F2N5O5S. The van der Waals surface area contributed by atoms with Crippen LogP contribution in [-0.4, -0.2) is 51.8 Å². The van der Waals surface area contributed by atoms with Crippen molar-refractivity contribution in [2.45, 2.75) is 31.9 Å². The SMILES string of the molecule is NS(=O)(=O)OC[C@H]1C[C@@H](Cc2ncncc2C(=O)c2ccn(Cc3ccc(F)c(F)c3)n2)C[C@@H]1O. The number of halogens is 2. The second-order valence-corrected chi connectivity index (χ2v) is 9.73. The van der Waals surface area contributed by atoms with Crippen LogP contribution in [0.2, 0.25) is 0 Å². The topological polar surface area (TPSA) is 150 Å². The molecule has 1 aromatic carbocycles. The lowest BCUT2D eigenvalue weighted by Crippen LogP contribution is -2.24. The molecule has 0 saturated heterocycles. The zero-order valence-electron chi connectivity index (χ0n) is 18.4. The van der Waals surface area contributed by atoms with Crippen LogP contribution in [-0.2, 0) is 27.5 Å². The van der Waals surface area contributed by atoms with Crippen LogP contribution in [0.25, 0.3) is 0 Å². The molecule has 1 aliphatic rings. The molecule has 1 saturated carbocycles. The Morgan fingerprint density at radius 2 is 2.03 bits per heavy atom. The number of nitrogens with two attached hydrogens (primary N) is 1. The zero-order chi connectivity index (χ0) is 25.2. The third kappa shape index (κ3) is 6.31. The van der Waals surface area contributed by atoms with E-state index in [1.54, 1.807) is 6.20 Å². The van der Waals surface area contributed by atoms with Gasteiger partial charge in [0.05, 0.1) is 30.5 Å². The highest BCUT2D eigenvalue weighted by Gasteiger charge is 2.35. The molecule has 0 radical (unpaired) electrons. The highest BCUT2D eigenvalue weighted by molar-refractivity contribution is 7.84. The van der Waals surface area contributed by atoms with Crippen molar-refractivity contribution in [1.29, 1.82) is 0 Å². The number of carbonyl (C=O) groups excluding carboxylic acids is 1. The summed E-state index contributed by atoms with van der Waals surface area (Å²) in [6.07, 6.45) is 4.72. The quantitative estimate of drug-likeness (QED) is 0.413. The second kappa shape index (κ2) is 10.2. The maximum Gasteiger partial charge on any atom is 0.333 e. The van der Waals surface area contributed by atoms with Gasteiger partial charge in [0.1, 0.15) is 12.0 Å². The first-order chi connectivity index (χ1) is 16.6. The van der Waals surface area contributed by atoms with Gasteiger partial charge in [-0.15, -0.1) is 0 Å². The Balaban J connectivity index is 1.44. The van der Waals surface area contributed by atoms with Gasteiger partial charge in [-0.2, -0.15) is 13.5 Å². The number of aromatic nitrogens is 4. The summed E-state index contributed by atoms with van der Waals surface area (Å²) in [6, 6.07) is 5.04. The molecule has 35 heavy (non-hydrogen) atoms. The van der Waals surface area contributed by atoms with Gasteiger partial charge in [0, 0.05) is 18.3 Å². The molecule has 0 spiro atoms. The first kappa shape index (κ1) is 25.0. The number of nitrogens with zero attached hydrogens (tertiary/aromatic N) is 4. The largest absolute Gasteiger partial charge is 0.393 e. The van der Waals surface area contributed by atoms with Gasteiger partial charge >= 0.3 is 10.3 Å². The van der Waals surface area contributed by atoms with Gasteiger partial charge < -0.3 is 5.11 Å². The normalized spacial score (nSPS) is 20.3. The Morgan fingerprint density at radius 3 is 2.77 bits per heavy atom. The molecule has 3 atom stereocenters. The fraction of sp³-hybridized carbons (Fsp3) is 0.364. The van der Waals surface area contributed by atoms with E-state index in [1.807, 2.05) is 0 Å². The maximum absolute atomic E-state index is 13.5. The van der Waals surface area contributed by atoms with Crippen LogP contribution in [0.15, 0.2) is 43.0 Å². The Bertz CT molecular complexity index is 1330. The van der Waals surface area contributed by atoms with Crippen molar-refractivity contribution in [1.82, 2.24) is 19.7 Å². The molecule has 0 unspecified atom stereocenters. The van der Waals surface area contributed by atoms with Crippen LogP contribution >= 0.6 is 0 Å². The first-order valence-electron chi connectivity index (χ1n) is 10.7. The van der Waals surface area contributed by atoms with E-state index in [4.69, 9.17) is 5.14 Å². The molecule has 3 aromatic rings. The number of carbonyl (C=O) groups is 1. The number of ketones is 1. The number of hydrogen-bond acceptors (Lipinski definition) is 8. The molecule has 10 nitrogen and oxygen atoms in total. The van der Waals surface area contributed by atoms with Crippen molar-refractivity contribution in [3.05, 3.63) is 77.1 Å². The second-order valence-electron chi connectivity index (χ2n) is 8.51. The molecule has 2 aromatic heterocycles. The third-order valence-corrected chi connectivity index (χ3v) is 6.39. The minimum absolute atomic E-state index is 0.0635. The predicted octanol–water partition coefficient (Wildman–Crippen LogP) is 1.38. The Hall–Kier alpha value is -3.13. The summed E-state index contributed by atoms with van der Waals surface area (Å²) in [4.78, 5) is 21.3. The maximum atomic E-state index is 13.5. The van der Waals surface area contributed by atoms with Crippen LogP contribution in [0.3, 0.4) is 0 Å². The lowest BCUT2D eigenvalue weighted by molar-refractivity contribution is 0.100. The van der Waals surface area contributed by atoms with Gasteiger partial charge in [0.2, 0.25) is 5.78 Å². The lowest BCUT2D eigenvalue weighted by Gasteiger charge is -2.13. The molecular weight excluding hydrogens is 484 g/mol. The van der Waals surface area contributed by atoms with Crippen molar-refractivity contribution in [3.8, 4) is 0 Å². The molecule has 1 fully saturated rings. The Kier molecular flexibility index (Phi) is 7.31. The molecule has 0 aliphatic heterocycles. The Labute approximate surface area is 200 Å². The van der Waals surface area contributed by atoms with E-state index < -0.39 is 39.7 Å². The van der Waals surface area contributed by atoms with Gasteiger partial charge in [-0.25, -0.2) is 23.9 Å². The van der Waals surface area contributed by atoms with Gasteiger partial charge in [-0.1, -0.05) is 6.07 Å². The van der Waals surface area contributed by atoms with Crippen molar-refractivity contribution in [3.63, 3.8) is 0 Å². The molecule has 4 rings (SSSR count). The van der Waals surface area contributed by atoms with Gasteiger partial charge in [0.15, 0.2) is 11.6 Å². The summed E-state index contributed by atoms with van der Waals surface area (Å²) in [6.45, 7) is -0.0774. The average Bonchev–Trinajstić information content (AvgIpc) is 3.40. The van der Waals surface area contributed by atoms with Crippen LogP contribution in [0.1, 0.15) is 40.2 Å². The summed E-state index contributed by atoms with van der Waals surface area (Å²) in [7, 11) is -4.10. The minimum atomic E-state index is -4.10. The van der Waals surface area contributed by atoms with E-state index in [0.29, 0.717) is 30.5 Å². The smallest absolute Gasteiger partial charge is 0.333 e. The number of aliphatic hydroxyl groups excluding tert-OH is 1. The predicted molar refractivity (Wildman–Crippen MR) is 118 cm³/mol. The summed E-state index contributed by atoms with van der Waals surface area (Å²) >= 11 is 0. The fourth-order valence-corrected chi connectivity index (χ4v) is 4.62. The Morgan fingerprint density at radius 1 is 1.23 bits per heavy atom. The monoisotopic (exact) mass is 507 g/mol. The molecule has 1 aliphatic carbocycles. The third-order valence-electron chi connectivity index (χ3n) is 5.92. The highest BCUT2D eigenvalue weighted by atomic mass is 32.2.